The molecular weight excluding hydrogens is 268 g/mol. The molecule has 0 spiro atoms. The molecule has 3 nitrogen and oxygen atoms in total. The van der Waals surface area contributed by atoms with Crippen molar-refractivity contribution < 1.29 is 35.8 Å². The summed E-state index contributed by atoms with van der Waals surface area (Å²) >= 11 is 0. The maximum Gasteiger partial charge on any atom is 0.423 e. The molecule has 0 saturated carbocycles. The maximum atomic E-state index is 12.0. The zero-order valence-electron chi connectivity index (χ0n) is 9.86. The number of alkyl halides is 6. The lowest BCUT2D eigenvalue weighted by molar-refractivity contribution is -0.321. The molecule has 9 heteroatoms. The van der Waals surface area contributed by atoms with Crippen molar-refractivity contribution >= 4 is 0 Å². The largest absolute Gasteiger partial charge is 0.423 e. The van der Waals surface area contributed by atoms with Gasteiger partial charge < -0.3 is 14.8 Å². The summed E-state index contributed by atoms with van der Waals surface area (Å²) in [5.41, 5.74) is 0. The number of hydrogen-bond acceptors (Lipinski definition) is 3. The molecule has 0 aliphatic heterocycles. The van der Waals surface area contributed by atoms with Crippen molar-refractivity contribution in [1.29, 1.82) is 0 Å². The molecule has 0 aliphatic carbocycles. The molecular formula is C9H15F6NO2. The molecule has 0 rings (SSSR count). The highest BCUT2D eigenvalue weighted by atomic mass is 19.4. The van der Waals surface area contributed by atoms with Gasteiger partial charge in [0, 0.05) is 19.7 Å². The third-order valence-electron chi connectivity index (χ3n) is 1.89. The van der Waals surface area contributed by atoms with Crippen LogP contribution < -0.4 is 5.32 Å². The van der Waals surface area contributed by atoms with Gasteiger partial charge in [-0.2, -0.15) is 26.3 Å². The van der Waals surface area contributed by atoms with Gasteiger partial charge in [0.1, 0.15) is 0 Å². The molecule has 0 aromatic carbocycles. The Morgan fingerprint density at radius 3 is 1.94 bits per heavy atom. The molecule has 0 fully saturated rings. The summed E-state index contributed by atoms with van der Waals surface area (Å²) in [6.45, 7) is 1.14. The molecule has 1 atom stereocenters. The Kier molecular flexibility index (Phi) is 6.93. The van der Waals surface area contributed by atoms with Crippen LogP contribution in [0.3, 0.4) is 0 Å². The van der Waals surface area contributed by atoms with E-state index in [0.717, 1.165) is 0 Å². The fourth-order valence-corrected chi connectivity index (χ4v) is 1.17. The minimum Gasteiger partial charge on any atom is -0.383 e. The van der Waals surface area contributed by atoms with Crippen LogP contribution in [-0.4, -0.2) is 51.4 Å². The van der Waals surface area contributed by atoms with Crippen molar-refractivity contribution in [2.75, 3.05) is 26.9 Å². The number of halogens is 6. The molecule has 0 saturated heterocycles. The number of nitrogens with one attached hydrogen (secondary N) is 1. The molecule has 1 N–H and O–H groups in total. The van der Waals surface area contributed by atoms with E-state index in [4.69, 9.17) is 4.74 Å². The fourth-order valence-electron chi connectivity index (χ4n) is 1.17. The lowest BCUT2D eigenvalue weighted by Gasteiger charge is -2.23. The third kappa shape index (κ3) is 7.02. The predicted molar refractivity (Wildman–Crippen MR) is 51.2 cm³/mol. The van der Waals surface area contributed by atoms with Crippen LogP contribution >= 0.6 is 0 Å². The average molecular weight is 283 g/mol. The quantitative estimate of drug-likeness (QED) is 0.573. The Bertz CT molecular complexity index is 216. The number of methoxy groups -OCH3 is 1. The van der Waals surface area contributed by atoms with Gasteiger partial charge in [0.25, 0.3) is 0 Å². The lowest BCUT2D eigenvalue weighted by atomic mass is 10.3. The van der Waals surface area contributed by atoms with Crippen LogP contribution in [0.2, 0.25) is 0 Å². The van der Waals surface area contributed by atoms with E-state index < -0.39 is 25.1 Å². The van der Waals surface area contributed by atoms with Gasteiger partial charge in [0.2, 0.25) is 6.10 Å². The van der Waals surface area contributed by atoms with Gasteiger partial charge in [-0.25, -0.2) is 0 Å². The van der Waals surface area contributed by atoms with Crippen molar-refractivity contribution in [3.63, 3.8) is 0 Å². The summed E-state index contributed by atoms with van der Waals surface area (Å²) in [4.78, 5) is 0. The summed E-state index contributed by atoms with van der Waals surface area (Å²) in [5, 5.41) is 2.66. The molecule has 0 aromatic rings. The molecule has 0 radical (unpaired) electrons. The second kappa shape index (κ2) is 7.15. The monoisotopic (exact) mass is 283 g/mol. The van der Waals surface area contributed by atoms with Crippen LogP contribution in [0.5, 0.6) is 0 Å². The third-order valence-corrected chi connectivity index (χ3v) is 1.89. The van der Waals surface area contributed by atoms with Crippen LogP contribution in [0.15, 0.2) is 0 Å². The van der Waals surface area contributed by atoms with E-state index in [1.54, 1.807) is 6.92 Å². The number of rotatable bonds is 7. The van der Waals surface area contributed by atoms with Crippen molar-refractivity contribution in [2.45, 2.75) is 31.4 Å². The van der Waals surface area contributed by atoms with E-state index in [1.807, 2.05) is 0 Å². The highest BCUT2D eigenvalue weighted by molar-refractivity contribution is 4.76. The van der Waals surface area contributed by atoms with Gasteiger partial charge in [0.05, 0.1) is 13.2 Å². The standard InChI is InChI=1S/C9H15F6NO2/c1-6(5-17-2)16-3-4-18-7(8(10,11)12)9(13,14)15/h6-7,16H,3-5H2,1-2H3. The van der Waals surface area contributed by atoms with Gasteiger partial charge in [-0.3, -0.25) is 0 Å². The zero-order chi connectivity index (χ0) is 14.4. The lowest BCUT2D eigenvalue weighted by Crippen LogP contribution is -2.45. The van der Waals surface area contributed by atoms with E-state index in [1.165, 1.54) is 7.11 Å². The first-order valence-corrected chi connectivity index (χ1v) is 5.06. The van der Waals surface area contributed by atoms with E-state index in [2.05, 4.69) is 10.1 Å². The van der Waals surface area contributed by atoms with E-state index in [9.17, 15) is 26.3 Å². The first-order chi connectivity index (χ1) is 8.09. The second-order valence-electron chi connectivity index (χ2n) is 3.64. The Labute approximate surface area is 100 Å². The molecule has 0 aliphatic rings. The highest BCUT2D eigenvalue weighted by Gasteiger charge is 2.57. The molecule has 0 aromatic heterocycles. The molecule has 0 bridgehead atoms. The fraction of sp³-hybridized carbons (Fsp3) is 1.00. The SMILES string of the molecule is COCC(C)NCCOC(C(F)(F)F)C(F)(F)F. The minimum absolute atomic E-state index is 0.132. The van der Waals surface area contributed by atoms with E-state index in [0.29, 0.717) is 6.61 Å². The Balaban J connectivity index is 4.07. The van der Waals surface area contributed by atoms with Gasteiger partial charge in [-0.1, -0.05) is 0 Å². The smallest absolute Gasteiger partial charge is 0.383 e. The Morgan fingerprint density at radius 2 is 1.56 bits per heavy atom. The molecule has 18 heavy (non-hydrogen) atoms. The van der Waals surface area contributed by atoms with E-state index in [-0.39, 0.29) is 12.6 Å². The first kappa shape index (κ1) is 17.5. The molecule has 0 amide bonds. The molecule has 1 unspecified atom stereocenters. The second-order valence-corrected chi connectivity index (χ2v) is 3.64. The minimum atomic E-state index is -5.46. The van der Waals surface area contributed by atoms with Gasteiger partial charge in [0.15, 0.2) is 0 Å². The first-order valence-electron chi connectivity index (χ1n) is 5.06. The van der Waals surface area contributed by atoms with Crippen LogP contribution in [0.1, 0.15) is 6.92 Å². The van der Waals surface area contributed by atoms with Gasteiger partial charge >= 0.3 is 12.4 Å². The van der Waals surface area contributed by atoms with Crippen LogP contribution in [0.4, 0.5) is 26.3 Å². The Hall–Kier alpha value is -0.540. The van der Waals surface area contributed by atoms with Crippen molar-refractivity contribution in [3.05, 3.63) is 0 Å². The van der Waals surface area contributed by atoms with Gasteiger partial charge in [-0.05, 0) is 6.92 Å². The van der Waals surface area contributed by atoms with Crippen molar-refractivity contribution in [1.82, 2.24) is 5.32 Å². The van der Waals surface area contributed by atoms with Crippen LogP contribution in [0, 0.1) is 0 Å². The average Bonchev–Trinajstić information content (AvgIpc) is 2.13. The highest BCUT2D eigenvalue weighted by Crippen LogP contribution is 2.35. The van der Waals surface area contributed by atoms with Crippen molar-refractivity contribution in [2.24, 2.45) is 0 Å². The molecule has 0 heterocycles. The zero-order valence-corrected chi connectivity index (χ0v) is 9.86. The van der Waals surface area contributed by atoms with Crippen LogP contribution in [0.25, 0.3) is 0 Å². The summed E-state index contributed by atoms with van der Waals surface area (Å²) in [7, 11) is 1.43. The normalized spacial score (nSPS) is 15.2. The number of ether oxygens (including phenoxy) is 2. The summed E-state index contributed by atoms with van der Waals surface area (Å²) in [6.07, 6.45) is -14.7. The van der Waals surface area contributed by atoms with E-state index >= 15 is 0 Å². The van der Waals surface area contributed by atoms with Crippen molar-refractivity contribution in [3.8, 4) is 0 Å². The topological polar surface area (TPSA) is 30.5 Å². The summed E-state index contributed by atoms with van der Waals surface area (Å²) < 4.78 is 80.8. The van der Waals surface area contributed by atoms with Gasteiger partial charge in [-0.15, -0.1) is 0 Å². The predicted octanol–water partition coefficient (Wildman–Crippen LogP) is 2.12. The maximum absolute atomic E-state index is 12.0. The Morgan fingerprint density at radius 1 is 1.06 bits per heavy atom. The van der Waals surface area contributed by atoms with Crippen LogP contribution in [-0.2, 0) is 9.47 Å². The molecule has 110 valence electrons. The summed E-state index contributed by atoms with van der Waals surface area (Å²) in [6, 6.07) is -0.186. The summed E-state index contributed by atoms with van der Waals surface area (Å²) in [5.74, 6) is 0. The number of hydrogen-bond donors (Lipinski definition) is 1.